The van der Waals surface area contributed by atoms with Crippen LogP contribution in [0.1, 0.15) is 42.0 Å². The number of aromatic nitrogens is 2. The Morgan fingerprint density at radius 3 is 2.48 bits per heavy atom. The lowest BCUT2D eigenvalue weighted by Gasteiger charge is -2.20. The summed E-state index contributed by atoms with van der Waals surface area (Å²) in [6, 6.07) is 6.85. The number of carbonyl (C=O) groups excluding carboxylic acids is 1. The van der Waals surface area contributed by atoms with Gasteiger partial charge in [-0.1, -0.05) is 36.0 Å². The van der Waals surface area contributed by atoms with Crippen molar-refractivity contribution in [2.24, 2.45) is 0 Å². The SMILES string of the molecule is Cc1nc(Nc2ccc(Cl)cc2Cl)cc(C(=O)N2CCCCCC2)n1. The van der Waals surface area contributed by atoms with E-state index in [1.807, 2.05) is 4.90 Å². The van der Waals surface area contributed by atoms with Gasteiger partial charge in [0.25, 0.3) is 5.91 Å². The number of likely N-dealkylation sites (tertiary alicyclic amines) is 1. The minimum absolute atomic E-state index is 0.0438. The summed E-state index contributed by atoms with van der Waals surface area (Å²) in [6.07, 6.45) is 4.44. The third-order valence-electron chi connectivity index (χ3n) is 4.14. The number of carbonyl (C=O) groups is 1. The van der Waals surface area contributed by atoms with Gasteiger partial charge in [0.2, 0.25) is 0 Å². The van der Waals surface area contributed by atoms with Crippen LogP contribution < -0.4 is 5.32 Å². The molecule has 2 aromatic rings. The normalized spacial score (nSPS) is 14.9. The van der Waals surface area contributed by atoms with E-state index in [9.17, 15) is 4.79 Å². The number of benzene rings is 1. The minimum Gasteiger partial charge on any atom is -0.339 e. The molecule has 0 spiro atoms. The van der Waals surface area contributed by atoms with Crippen LogP contribution in [-0.2, 0) is 0 Å². The Balaban J connectivity index is 1.83. The summed E-state index contributed by atoms with van der Waals surface area (Å²) in [7, 11) is 0. The van der Waals surface area contributed by atoms with E-state index < -0.39 is 0 Å². The maximum Gasteiger partial charge on any atom is 0.272 e. The zero-order valence-corrected chi connectivity index (χ0v) is 15.6. The van der Waals surface area contributed by atoms with E-state index in [0.29, 0.717) is 33.1 Å². The molecule has 25 heavy (non-hydrogen) atoms. The van der Waals surface area contributed by atoms with Crippen molar-refractivity contribution in [3.05, 3.63) is 45.8 Å². The lowest BCUT2D eigenvalue weighted by Crippen LogP contribution is -2.32. The maximum atomic E-state index is 12.8. The molecule has 0 aliphatic carbocycles. The third kappa shape index (κ3) is 4.61. The molecule has 0 radical (unpaired) electrons. The van der Waals surface area contributed by atoms with Crippen LogP contribution in [0, 0.1) is 6.92 Å². The quantitative estimate of drug-likeness (QED) is 0.828. The van der Waals surface area contributed by atoms with Gasteiger partial charge >= 0.3 is 0 Å². The van der Waals surface area contributed by atoms with E-state index in [2.05, 4.69) is 15.3 Å². The summed E-state index contributed by atoms with van der Waals surface area (Å²) in [5, 5.41) is 4.19. The number of nitrogens with one attached hydrogen (secondary N) is 1. The summed E-state index contributed by atoms with van der Waals surface area (Å²) < 4.78 is 0. The van der Waals surface area contributed by atoms with E-state index >= 15 is 0 Å². The summed E-state index contributed by atoms with van der Waals surface area (Å²) in [5.74, 6) is 1.03. The Morgan fingerprint density at radius 2 is 1.80 bits per heavy atom. The molecule has 0 saturated carbocycles. The van der Waals surface area contributed by atoms with Gasteiger partial charge in [-0.25, -0.2) is 9.97 Å². The molecule has 0 bridgehead atoms. The lowest BCUT2D eigenvalue weighted by molar-refractivity contribution is 0.0755. The number of halogens is 2. The fourth-order valence-corrected chi connectivity index (χ4v) is 3.36. The minimum atomic E-state index is -0.0438. The second-order valence-corrected chi connectivity index (χ2v) is 6.98. The topological polar surface area (TPSA) is 58.1 Å². The molecule has 3 rings (SSSR count). The Morgan fingerprint density at radius 1 is 1.08 bits per heavy atom. The molecule has 0 unspecified atom stereocenters. The summed E-state index contributed by atoms with van der Waals surface area (Å²) in [5.41, 5.74) is 1.08. The van der Waals surface area contributed by atoms with Gasteiger partial charge in [-0.2, -0.15) is 0 Å². The number of rotatable bonds is 3. The van der Waals surface area contributed by atoms with Crippen molar-refractivity contribution in [2.75, 3.05) is 18.4 Å². The first-order valence-electron chi connectivity index (χ1n) is 8.40. The van der Waals surface area contributed by atoms with Gasteiger partial charge in [0, 0.05) is 24.2 Å². The van der Waals surface area contributed by atoms with Crippen LogP contribution in [0.15, 0.2) is 24.3 Å². The first-order valence-corrected chi connectivity index (χ1v) is 9.15. The fraction of sp³-hybridized carbons (Fsp3) is 0.389. The summed E-state index contributed by atoms with van der Waals surface area (Å²) in [4.78, 5) is 23.3. The van der Waals surface area contributed by atoms with Crippen LogP contribution in [0.2, 0.25) is 10.0 Å². The Kier molecular flexibility index (Phi) is 5.76. The van der Waals surface area contributed by atoms with E-state index in [4.69, 9.17) is 23.2 Å². The first-order chi connectivity index (χ1) is 12.0. The first kappa shape index (κ1) is 18.0. The van der Waals surface area contributed by atoms with Gasteiger partial charge in [0.05, 0.1) is 10.7 Å². The zero-order chi connectivity index (χ0) is 17.8. The highest BCUT2D eigenvalue weighted by Gasteiger charge is 2.19. The van der Waals surface area contributed by atoms with E-state index in [1.165, 1.54) is 12.8 Å². The average molecular weight is 379 g/mol. The molecule has 1 aromatic heterocycles. The number of hydrogen-bond donors (Lipinski definition) is 1. The molecule has 1 N–H and O–H groups in total. The Bertz CT molecular complexity index is 774. The van der Waals surface area contributed by atoms with Crippen molar-refractivity contribution in [3.63, 3.8) is 0 Å². The van der Waals surface area contributed by atoms with Gasteiger partial charge in [-0.05, 0) is 38.0 Å². The standard InChI is InChI=1S/C18H20Cl2N4O/c1-12-21-16(18(25)24-8-4-2-3-5-9-24)11-17(22-12)23-15-7-6-13(19)10-14(15)20/h6-7,10-11H,2-5,8-9H2,1H3,(H,21,22,23). The molecule has 1 aliphatic heterocycles. The highest BCUT2D eigenvalue weighted by molar-refractivity contribution is 6.36. The van der Waals surface area contributed by atoms with Crippen LogP contribution >= 0.6 is 23.2 Å². The van der Waals surface area contributed by atoms with Crippen molar-refractivity contribution >= 4 is 40.6 Å². The third-order valence-corrected chi connectivity index (χ3v) is 4.69. The Labute approximate surface area is 157 Å². The van der Waals surface area contributed by atoms with Crippen molar-refractivity contribution in [1.82, 2.24) is 14.9 Å². The molecule has 1 fully saturated rings. The highest BCUT2D eigenvalue weighted by Crippen LogP contribution is 2.28. The van der Waals surface area contributed by atoms with Crippen LogP contribution in [-0.4, -0.2) is 33.9 Å². The maximum absolute atomic E-state index is 12.8. The number of nitrogens with zero attached hydrogens (tertiary/aromatic N) is 3. The number of amides is 1. The van der Waals surface area contributed by atoms with Crippen molar-refractivity contribution in [3.8, 4) is 0 Å². The van der Waals surface area contributed by atoms with Gasteiger partial charge in [-0.15, -0.1) is 0 Å². The predicted octanol–water partition coefficient (Wildman–Crippen LogP) is 4.85. The average Bonchev–Trinajstić information content (AvgIpc) is 2.85. The molecular formula is C18H20Cl2N4O. The zero-order valence-electron chi connectivity index (χ0n) is 14.1. The molecule has 7 heteroatoms. The highest BCUT2D eigenvalue weighted by atomic mass is 35.5. The Hall–Kier alpha value is -1.85. The largest absolute Gasteiger partial charge is 0.339 e. The molecule has 1 aromatic carbocycles. The number of hydrogen-bond acceptors (Lipinski definition) is 4. The van der Waals surface area contributed by atoms with Gasteiger partial charge < -0.3 is 10.2 Å². The van der Waals surface area contributed by atoms with Crippen LogP contribution in [0.3, 0.4) is 0 Å². The molecule has 1 amide bonds. The molecule has 132 valence electrons. The van der Waals surface area contributed by atoms with Gasteiger partial charge in [0.15, 0.2) is 0 Å². The smallest absolute Gasteiger partial charge is 0.272 e. The van der Waals surface area contributed by atoms with Crippen LogP contribution in [0.25, 0.3) is 0 Å². The van der Waals surface area contributed by atoms with E-state index in [1.54, 1.807) is 31.2 Å². The number of aryl methyl sites for hydroxylation is 1. The van der Waals surface area contributed by atoms with Crippen LogP contribution in [0.4, 0.5) is 11.5 Å². The van der Waals surface area contributed by atoms with E-state index in [0.717, 1.165) is 25.9 Å². The van der Waals surface area contributed by atoms with Crippen molar-refractivity contribution in [2.45, 2.75) is 32.6 Å². The molecule has 0 atom stereocenters. The summed E-state index contributed by atoms with van der Waals surface area (Å²) >= 11 is 12.1. The lowest BCUT2D eigenvalue weighted by atomic mass is 10.2. The van der Waals surface area contributed by atoms with Crippen LogP contribution in [0.5, 0.6) is 0 Å². The predicted molar refractivity (Wildman–Crippen MR) is 101 cm³/mol. The molecule has 5 nitrogen and oxygen atoms in total. The molecule has 1 saturated heterocycles. The van der Waals surface area contributed by atoms with Gasteiger partial charge in [-0.3, -0.25) is 4.79 Å². The van der Waals surface area contributed by atoms with Crippen molar-refractivity contribution in [1.29, 1.82) is 0 Å². The second-order valence-electron chi connectivity index (χ2n) is 6.14. The van der Waals surface area contributed by atoms with Crippen molar-refractivity contribution < 1.29 is 4.79 Å². The summed E-state index contributed by atoms with van der Waals surface area (Å²) in [6.45, 7) is 3.34. The monoisotopic (exact) mass is 378 g/mol. The molecule has 1 aliphatic rings. The van der Waals surface area contributed by atoms with E-state index in [-0.39, 0.29) is 5.91 Å². The van der Waals surface area contributed by atoms with Gasteiger partial charge in [0.1, 0.15) is 17.3 Å². The fourth-order valence-electron chi connectivity index (χ4n) is 2.91. The molecular weight excluding hydrogens is 359 g/mol. The molecule has 2 heterocycles. The second kappa shape index (κ2) is 8.02. The number of anilines is 2.